The molecular formula is C19H17ClFN3O2. The zero-order valence-corrected chi connectivity index (χ0v) is 14.7. The van der Waals surface area contributed by atoms with Crippen LogP contribution in [0.25, 0.3) is 11.4 Å². The van der Waals surface area contributed by atoms with E-state index in [1.165, 1.54) is 12.1 Å². The number of nitrogens with zero attached hydrogens (tertiary/aromatic N) is 2. The van der Waals surface area contributed by atoms with Crippen LogP contribution in [0.1, 0.15) is 17.9 Å². The molecule has 0 spiro atoms. The maximum absolute atomic E-state index is 12.9. The highest BCUT2D eigenvalue weighted by molar-refractivity contribution is 6.30. The summed E-state index contributed by atoms with van der Waals surface area (Å²) in [6, 6.07) is 13.3. The van der Waals surface area contributed by atoms with E-state index in [9.17, 15) is 9.18 Å². The molecule has 0 unspecified atom stereocenters. The lowest BCUT2D eigenvalue weighted by Crippen LogP contribution is -2.25. The van der Waals surface area contributed by atoms with Crippen LogP contribution in [0.15, 0.2) is 53.1 Å². The van der Waals surface area contributed by atoms with Crippen molar-refractivity contribution in [1.29, 1.82) is 0 Å². The Balaban J connectivity index is 1.43. The summed E-state index contributed by atoms with van der Waals surface area (Å²) in [6.07, 6.45) is 1.34. The Morgan fingerprint density at radius 1 is 1.08 bits per heavy atom. The number of aryl methyl sites for hydroxylation is 1. The van der Waals surface area contributed by atoms with Gasteiger partial charge < -0.3 is 9.84 Å². The summed E-state index contributed by atoms with van der Waals surface area (Å²) in [4.78, 5) is 16.1. The quantitative estimate of drug-likeness (QED) is 0.683. The van der Waals surface area contributed by atoms with Crippen molar-refractivity contribution in [1.82, 2.24) is 15.5 Å². The maximum atomic E-state index is 12.9. The molecule has 1 heterocycles. The fourth-order valence-electron chi connectivity index (χ4n) is 2.38. The van der Waals surface area contributed by atoms with Gasteiger partial charge in [-0.3, -0.25) is 4.79 Å². The number of hydrogen-bond donors (Lipinski definition) is 1. The first-order valence-corrected chi connectivity index (χ1v) is 8.57. The summed E-state index contributed by atoms with van der Waals surface area (Å²) < 4.78 is 18.1. The van der Waals surface area contributed by atoms with Crippen LogP contribution in [0.4, 0.5) is 4.39 Å². The first-order chi connectivity index (χ1) is 12.6. The van der Waals surface area contributed by atoms with E-state index in [0.717, 1.165) is 12.0 Å². The minimum Gasteiger partial charge on any atom is -0.356 e. The van der Waals surface area contributed by atoms with Crippen LogP contribution in [0, 0.1) is 5.82 Å². The van der Waals surface area contributed by atoms with Gasteiger partial charge in [-0.1, -0.05) is 28.9 Å². The Labute approximate surface area is 155 Å². The normalized spacial score (nSPS) is 10.7. The van der Waals surface area contributed by atoms with Gasteiger partial charge in [-0.2, -0.15) is 4.98 Å². The van der Waals surface area contributed by atoms with E-state index in [2.05, 4.69) is 15.5 Å². The molecule has 1 aromatic heterocycles. The van der Waals surface area contributed by atoms with Gasteiger partial charge in [0.2, 0.25) is 17.6 Å². The molecule has 0 aliphatic heterocycles. The minimum atomic E-state index is -0.326. The summed E-state index contributed by atoms with van der Waals surface area (Å²) >= 11 is 5.84. The van der Waals surface area contributed by atoms with E-state index in [-0.39, 0.29) is 18.1 Å². The number of halogens is 2. The molecule has 0 radical (unpaired) electrons. The molecule has 1 amide bonds. The second-order valence-electron chi connectivity index (χ2n) is 5.75. The standard InChI is InChI=1S/C19H17ClFN3O2/c20-15-5-1-13(2-6-15)11-12-22-17(25)9-10-18-23-19(24-26-18)14-3-7-16(21)8-4-14/h1-8H,9-12H2,(H,22,25). The van der Waals surface area contributed by atoms with E-state index in [1.54, 1.807) is 12.1 Å². The van der Waals surface area contributed by atoms with Crippen molar-refractivity contribution in [3.8, 4) is 11.4 Å². The Bertz CT molecular complexity index is 863. The average molecular weight is 374 g/mol. The van der Waals surface area contributed by atoms with Gasteiger partial charge in [-0.25, -0.2) is 4.39 Å². The van der Waals surface area contributed by atoms with Gasteiger partial charge in [0, 0.05) is 30.0 Å². The maximum Gasteiger partial charge on any atom is 0.227 e. The summed E-state index contributed by atoms with van der Waals surface area (Å²) in [5.41, 5.74) is 1.77. The number of aromatic nitrogens is 2. The van der Waals surface area contributed by atoms with Gasteiger partial charge in [-0.05, 0) is 48.4 Å². The highest BCUT2D eigenvalue weighted by Crippen LogP contribution is 2.16. The topological polar surface area (TPSA) is 68.0 Å². The third kappa shape index (κ3) is 5.13. The van der Waals surface area contributed by atoms with Gasteiger partial charge in [0.1, 0.15) is 5.82 Å². The lowest BCUT2D eigenvalue weighted by atomic mass is 10.1. The Morgan fingerprint density at radius 2 is 1.81 bits per heavy atom. The third-order valence-corrected chi connectivity index (χ3v) is 4.04. The number of amides is 1. The fraction of sp³-hybridized carbons (Fsp3) is 0.211. The van der Waals surface area contributed by atoms with Crippen molar-refractivity contribution in [2.24, 2.45) is 0 Å². The number of hydrogen-bond acceptors (Lipinski definition) is 4. The molecule has 2 aromatic carbocycles. The molecule has 0 fully saturated rings. The van der Waals surface area contributed by atoms with E-state index in [4.69, 9.17) is 16.1 Å². The monoisotopic (exact) mass is 373 g/mol. The van der Waals surface area contributed by atoms with Crippen molar-refractivity contribution in [3.63, 3.8) is 0 Å². The number of benzene rings is 2. The summed E-state index contributed by atoms with van der Waals surface area (Å²) in [7, 11) is 0. The average Bonchev–Trinajstić information content (AvgIpc) is 3.11. The molecule has 3 rings (SSSR count). The van der Waals surface area contributed by atoms with E-state index in [0.29, 0.717) is 35.3 Å². The highest BCUT2D eigenvalue weighted by atomic mass is 35.5. The van der Waals surface area contributed by atoms with Crippen LogP contribution >= 0.6 is 11.6 Å². The molecule has 0 aliphatic rings. The van der Waals surface area contributed by atoms with Crippen molar-refractivity contribution >= 4 is 17.5 Å². The molecule has 134 valence electrons. The first kappa shape index (κ1) is 18.1. The van der Waals surface area contributed by atoms with Crippen LogP contribution in [-0.2, 0) is 17.6 Å². The predicted octanol–water partition coefficient (Wildman–Crippen LogP) is 3.82. The Kier molecular flexibility index (Phi) is 5.96. The Hall–Kier alpha value is -2.73. The molecule has 0 saturated heterocycles. The molecule has 0 aliphatic carbocycles. The second kappa shape index (κ2) is 8.58. The van der Waals surface area contributed by atoms with Crippen LogP contribution in [-0.4, -0.2) is 22.6 Å². The predicted molar refractivity (Wildman–Crippen MR) is 96.2 cm³/mol. The smallest absolute Gasteiger partial charge is 0.227 e. The summed E-state index contributed by atoms with van der Waals surface area (Å²) in [5, 5.41) is 7.40. The highest BCUT2D eigenvalue weighted by Gasteiger charge is 2.10. The molecule has 0 atom stereocenters. The number of rotatable bonds is 7. The van der Waals surface area contributed by atoms with Gasteiger partial charge in [0.05, 0.1) is 0 Å². The van der Waals surface area contributed by atoms with Gasteiger partial charge in [-0.15, -0.1) is 0 Å². The van der Waals surface area contributed by atoms with Gasteiger partial charge >= 0.3 is 0 Å². The molecule has 7 heteroatoms. The van der Waals surface area contributed by atoms with E-state index >= 15 is 0 Å². The molecule has 0 bridgehead atoms. The number of nitrogens with one attached hydrogen (secondary N) is 1. The van der Waals surface area contributed by atoms with Crippen molar-refractivity contribution < 1.29 is 13.7 Å². The number of carbonyl (C=O) groups is 1. The zero-order chi connectivity index (χ0) is 18.4. The van der Waals surface area contributed by atoms with E-state index in [1.807, 2.05) is 24.3 Å². The largest absolute Gasteiger partial charge is 0.356 e. The third-order valence-electron chi connectivity index (χ3n) is 3.79. The van der Waals surface area contributed by atoms with Crippen LogP contribution in [0.5, 0.6) is 0 Å². The molecule has 5 nitrogen and oxygen atoms in total. The molecular weight excluding hydrogens is 357 g/mol. The SMILES string of the molecule is O=C(CCc1nc(-c2ccc(F)cc2)no1)NCCc1ccc(Cl)cc1. The van der Waals surface area contributed by atoms with Crippen LogP contribution in [0.2, 0.25) is 5.02 Å². The second-order valence-corrected chi connectivity index (χ2v) is 6.18. The molecule has 3 aromatic rings. The van der Waals surface area contributed by atoms with Gasteiger partial charge in [0.15, 0.2) is 0 Å². The molecule has 0 saturated carbocycles. The minimum absolute atomic E-state index is 0.0829. The molecule has 1 N–H and O–H groups in total. The van der Waals surface area contributed by atoms with Crippen LogP contribution in [0.3, 0.4) is 0 Å². The van der Waals surface area contributed by atoms with Crippen molar-refractivity contribution in [3.05, 3.63) is 70.8 Å². The summed E-state index contributed by atoms with van der Waals surface area (Å²) in [6.45, 7) is 0.547. The van der Waals surface area contributed by atoms with Crippen molar-refractivity contribution in [2.75, 3.05) is 6.54 Å². The van der Waals surface area contributed by atoms with Gasteiger partial charge in [0.25, 0.3) is 0 Å². The first-order valence-electron chi connectivity index (χ1n) is 8.20. The fourth-order valence-corrected chi connectivity index (χ4v) is 2.50. The summed E-state index contributed by atoms with van der Waals surface area (Å²) in [5.74, 6) is 0.341. The lowest BCUT2D eigenvalue weighted by molar-refractivity contribution is -0.121. The zero-order valence-electron chi connectivity index (χ0n) is 13.9. The van der Waals surface area contributed by atoms with Crippen LogP contribution < -0.4 is 5.32 Å². The molecule has 26 heavy (non-hydrogen) atoms. The number of carbonyl (C=O) groups excluding carboxylic acids is 1. The van der Waals surface area contributed by atoms with Crippen molar-refractivity contribution in [2.45, 2.75) is 19.3 Å². The Morgan fingerprint density at radius 3 is 2.54 bits per heavy atom. The van der Waals surface area contributed by atoms with E-state index < -0.39 is 0 Å². The lowest BCUT2D eigenvalue weighted by Gasteiger charge is -2.04.